The van der Waals surface area contributed by atoms with E-state index in [-0.39, 0.29) is 10.8 Å². The summed E-state index contributed by atoms with van der Waals surface area (Å²) in [5.74, 6) is -0.934. The number of aryl methyl sites for hydroxylation is 3. The highest BCUT2D eigenvalue weighted by Gasteiger charge is 2.59. The first-order valence-corrected chi connectivity index (χ1v) is 12.5. The highest BCUT2D eigenvalue weighted by Crippen LogP contribution is 2.48. The van der Waals surface area contributed by atoms with Crippen molar-refractivity contribution in [3.8, 4) is 6.07 Å². The molecule has 5 rings (SSSR count). The van der Waals surface area contributed by atoms with Crippen LogP contribution in [0.5, 0.6) is 0 Å². The Morgan fingerprint density at radius 3 is 2.39 bits per heavy atom. The molecule has 38 heavy (non-hydrogen) atoms. The third kappa shape index (κ3) is 4.21. The number of aromatic nitrogens is 1. The third-order valence-corrected chi connectivity index (χ3v) is 7.72. The van der Waals surface area contributed by atoms with Crippen LogP contribution in [-0.2, 0) is 23.8 Å². The maximum absolute atomic E-state index is 15.3. The number of nitriles is 1. The highest BCUT2D eigenvalue weighted by atomic mass is 32.1. The molecule has 1 saturated carbocycles. The fourth-order valence-corrected chi connectivity index (χ4v) is 5.60. The zero-order valence-electron chi connectivity index (χ0n) is 20.3. The van der Waals surface area contributed by atoms with Crippen molar-refractivity contribution in [3.63, 3.8) is 0 Å². The van der Waals surface area contributed by atoms with Crippen molar-refractivity contribution in [1.29, 1.82) is 5.26 Å². The van der Waals surface area contributed by atoms with Gasteiger partial charge in [0, 0.05) is 5.69 Å². The van der Waals surface area contributed by atoms with Crippen molar-refractivity contribution >= 4 is 34.6 Å². The number of amides is 1. The van der Waals surface area contributed by atoms with Gasteiger partial charge < -0.3 is 4.90 Å². The van der Waals surface area contributed by atoms with Crippen molar-refractivity contribution in [3.05, 3.63) is 88.5 Å². The average molecular weight is 539 g/mol. The van der Waals surface area contributed by atoms with E-state index in [1.807, 2.05) is 31.2 Å². The molecule has 2 heterocycles. The van der Waals surface area contributed by atoms with E-state index < -0.39 is 34.7 Å². The Bertz CT molecular complexity index is 1490. The highest BCUT2D eigenvalue weighted by molar-refractivity contribution is 7.81. The van der Waals surface area contributed by atoms with Gasteiger partial charge in [0.25, 0.3) is 5.91 Å². The number of anilines is 2. The summed E-state index contributed by atoms with van der Waals surface area (Å²) in [6.07, 6.45) is -1.10. The van der Waals surface area contributed by atoms with Gasteiger partial charge in [0.05, 0.1) is 17.4 Å². The second kappa shape index (κ2) is 9.48. The molecule has 0 radical (unpaired) electrons. The number of hydrogen-bond donors (Lipinski definition) is 0. The SMILES string of the molecule is Cc1ccccc1CCc1ccc(N2C(=S)N(c3cnc(C#N)c(C(F)(F)F)c3)C(=O)C23CCC3)cc1F. The number of hydrogen-bond acceptors (Lipinski definition) is 4. The van der Waals surface area contributed by atoms with Crippen molar-refractivity contribution < 1.29 is 22.4 Å². The van der Waals surface area contributed by atoms with E-state index in [1.165, 1.54) is 12.1 Å². The first-order valence-electron chi connectivity index (χ1n) is 12.1. The molecular weight excluding hydrogens is 516 g/mol. The summed E-state index contributed by atoms with van der Waals surface area (Å²) < 4.78 is 55.9. The van der Waals surface area contributed by atoms with Gasteiger partial charge in [-0.25, -0.2) is 9.37 Å². The molecule has 2 fully saturated rings. The largest absolute Gasteiger partial charge is 0.419 e. The van der Waals surface area contributed by atoms with Crippen molar-refractivity contribution in [1.82, 2.24) is 4.98 Å². The lowest BCUT2D eigenvalue weighted by atomic mass is 9.75. The normalized spacial score (nSPS) is 16.6. The Balaban J connectivity index is 1.47. The van der Waals surface area contributed by atoms with Crippen LogP contribution in [0.15, 0.2) is 54.7 Å². The van der Waals surface area contributed by atoms with E-state index in [0.717, 1.165) is 28.6 Å². The summed E-state index contributed by atoms with van der Waals surface area (Å²) in [7, 11) is 0. The van der Waals surface area contributed by atoms with Crippen molar-refractivity contribution in [2.24, 2.45) is 0 Å². The van der Waals surface area contributed by atoms with Gasteiger partial charge in [0.15, 0.2) is 10.8 Å². The van der Waals surface area contributed by atoms with Gasteiger partial charge in [0.2, 0.25) is 0 Å². The van der Waals surface area contributed by atoms with E-state index in [9.17, 15) is 18.0 Å². The number of thiocarbonyl (C=S) groups is 1. The molecule has 194 valence electrons. The summed E-state index contributed by atoms with van der Waals surface area (Å²) in [6.45, 7) is 2.00. The summed E-state index contributed by atoms with van der Waals surface area (Å²) in [4.78, 5) is 19.8. The van der Waals surface area contributed by atoms with Gasteiger partial charge in [-0.15, -0.1) is 0 Å². The first kappa shape index (κ1) is 25.8. The minimum Gasteiger partial charge on any atom is -0.303 e. The van der Waals surface area contributed by atoms with Gasteiger partial charge >= 0.3 is 6.18 Å². The van der Waals surface area contributed by atoms with Gasteiger partial charge in [-0.3, -0.25) is 9.69 Å². The number of nitrogens with zero attached hydrogens (tertiary/aromatic N) is 4. The fraction of sp³-hybridized carbons (Fsp3) is 0.286. The van der Waals surface area contributed by atoms with Crippen LogP contribution in [0.4, 0.5) is 28.9 Å². The zero-order chi connectivity index (χ0) is 27.2. The number of carbonyl (C=O) groups is 1. The molecule has 0 N–H and O–H groups in total. The molecule has 3 aromatic rings. The van der Waals surface area contributed by atoms with E-state index in [1.54, 1.807) is 17.0 Å². The lowest BCUT2D eigenvalue weighted by Gasteiger charge is -2.43. The lowest BCUT2D eigenvalue weighted by Crippen LogP contribution is -2.55. The number of benzene rings is 2. The Labute approximate surface area is 222 Å². The van der Waals surface area contributed by atoms with Crippen LogP contribution in [0, 0.1) is 24.1 Å². The van der Waals surface area contributed by atoms with Crippen LogP contribution in [0.1, 0.15) is 47.2 Å². The maximum atomic E-state index is 15.3. The predicted molar refractivity (Wildman–Crippen MR) is 138 cm³/mol. The second-order valence-corrected chi connectivity index (χ2v) is 9.91. The van der Waals surface area contributed by atoms with E-state index in [4.69, 9.17) is 17.5 Å². The molecule has 10 heteroatoms. The molecule has 1 saturated heterocycles. The number of alkyl halides is 3. The molecule has 2 aromatic carbocycles. The number of rotatable bonds is 5. The smallest absolute Gasteiger partial charge is 0.303 e. The second-order valence-electron chi connectivity index (χ2n) is 9.55. The van der Waals surface area contributed by atoms with Gasteiger partial charge in [-0.1, -0.05) is 30.3 Å². The van der Waals surface area contributed by atoms with Crippen LogP contribution in [0.25, 0.3) is 0 Å². The quantitative estimate of drug-likeness (QED) is 0.283. The molecule has 2 aliphatic rings. The van der Waals surface area contributed by atoms with Gasteiger partial charge in [-0.2, -0.15) is 18.4 Å². The van der Waals surface area contributed by atoms with Crippen molar-refractivity contribution in [2.75, 3.05) is 9.80 Å². The Morgan fingerprint density at radius 1 is 1.08 bits per heavy atom. The monoisotopic (exact) mass is 538 g/mol. The predicted octanol–water partition coefficient (Wildman–Crippen LogP) is 6.27. The lowest BCUT2D eigenvalue weighted by molar-refractivity contribution is -0.138. The van der Waals surface area contributed by atoms with E-state index in [0.29, 0.717) is 43.0 Å². The summed E-state index contributed by atoms with van der Waals surface area (Å²) >= 11 is 5.59. The third-order valence-electron chi connectivity index (χ3n) is 7.36. The topological polar surface area (TPSA) is 60.2 Å². The molecule has 1 aliphatic carbocycles. The minimum atomic E-state index is -4.84. The Morgan fingerprint density at radius 2 is 1.79 bits per heavy atom. The molecule has 0 bridgehead atoms. The number of pyridine rings is 1. The molecule has 0 atom stereocenters. The molecule has 1 aliphatic heterocycles. The molecular formula is C28H22F4N4OS. The Kier molecular flexibility index (Phi) is 6.43. The van der Waals surface area contributed by atoms with Gasteiger partial charge in [0.1, 0.15) is 17.4 Å². The molecule has 1 aromatic heterocycles. The van der Waals surface area contributed by atoms with Crippen LogP contribution >= 0.6 is 12.2 Å². The van der Waals surface area contributed by atoms with Crippen LogP contribution in [-0.4, -0.2) is 21.5 Å². The summed E-state index contributed by atoms with van der Waals surface area (Å²) in [5.41, 5.74) is -0.201. The zero-order valence-corrected chi connectivity index (χ0v) is 21.2. The van der Waals surface area contributed by atoms with E-state index >= 15 is 4.39 Å². The van der Waals surface area contributed by atoms with Crippen LogP contribution < -0.4 is 9.80 Å². The van der Waals surface area contributed by atoms with Gasteiger partial charge in [-0.05, 0) is 86.1 Å². The minimum absolute atomic E-state index is 0.0543. The molecule has 1 amide bonds. The number of carbonyl (C=O) groups excluding carboxylic acids is 1. The molecule has 5 nitrogen and oxygen atoms in total. The average Bonchev–Trinajstić information content (AvgIpc) is 3.10. The number of halogens is 4. The molecule has 1 spiro atoms. The Hall–Kier alpha value is -3.84. The first-order chi connectivity index (χ1) is 18.1. The molecule has 0 unspecified atom stereocenters. The van der Waals surface area contributed by atoms with Crippen LogP contribution in [0.3, 0.4) is 0 Å². The summed E-state index contributed by atoms with van der Waals surface area (Å²) in [6, 6.07) is 14.7. The summed E-state index contributed by atoms with van der Waals surface area (Å²) in [5, 5.41) is 9.01. The van der Waals surface area contributed by atoms with Crippen molar-refractivity contribution in [2.45, 2.75) is 50.7 Å². The standard InChI is InChI=1S/C28H22F4N4OS/c1-17-5-2-3-6-18(17)7-8-19-9-10-20(14-23(19)29)36-26(38)35(25(37)27(36)11-4-12-27)21-13-22(28(30,31)32)24(15-33)34-16-21/h2-3,5-6,9-10,13-14,16H,4,7-8,11-12H2,1H3. The fourth-order valence-electron chi connectivity index (χ4n) is 5.13. The van der Waals surface area contributed by atoms with E-state index in [2.05, 4.69) is 4.98 Å². The van der Waals surface area contributed by atoms with Crippen LogP contribution in [0.2, 0.25) is 0 Å². The maximum Gasteiger partial charge on any atom is 0.419 e.